The standard InChI is InChI=1S/C19H20ClN5O3S/c20-15-9-8-14(29(27,28)24-10-4-1-5-11-24)12-17(15)21-19(26)13-25-18-7-3-2-6-16(18)22-23-25/h2-3,6-9,12H,1,4-5,10-11,13H2,(H,21,26). The van der Waals surface area contributed by atoms with Gasteiger partial charge >= 0.3 is 0 Å². The number of hydrogen-bond acceptors (Lipinski definition) is 5. The number of amides is 1. The predicted octanol–water partition coefficient (Wildman–Crippen LogP) is 2.90. The largest absolute Gasteiger partial charge is 0.323 e. The Bertz CT molecular complexity index is 1160. The monoisotopic (exact) mass is 433 g/mol. The average Bonchev–Trinajstić information content (AvgIpc) is 3.13. The maximum atomic E-state index is 12.9. The Labute approximate surface area is 173 Å². The third-order valence-corrected chi connectivity index (χ3v) is 7.10. The molecule has 4 rings (SSSR count). The van der Waals surface area contributed by atoms with Crippen molar-refractivity contribution in [1.29, 1.82) is 0 Å². The number of piperidine rings is 1. The van der Waals surface area contributed by atoms with E-state index in [0.717, 1.165) is 24.8 Å². The molecule has 0 atom stereocenters. The molecular weight excluding hydrogens is 414 g/mol. The number of nitrogens with zero attached hydrogens (tertiary/aromatic N) is 4. The Morgan fingerprint density at radius 3 is 2.66 bits per heavy atom. The van der Waals surface area contributed by atoms with Crippen LogP contribution in [-0.2, 0) is 21.4 Å². The zero-order valence-electron chi connectivity index (χ0n) is 15.6. The minimum absolute atomic E-state index is 0.0695. The normalized spacial score (nSPS) is 15.5. The van der Waals surface area contributed by atoms with E-state index in [-0.39, 0.29) is 28.1 Å². The van der Waals surface area contributed by atoms with Gasteiger partial charge in [0.1, 0.15) is 12.1 Å². The number of rotatable bonds is 5. The van der Waals surface area contributed by atoms with E-state index in [0.29, 0.717) is 18.6 Å². The van der Waals surface area contributed by atoms with Crippen LogP contribution in [0.25, 0.3) is 11.0 Å². The number of halogens is 1. The molecule has 0 saturated carbocycles. The number of hydrogen-bond donors (Lipinski definition) is 1. The van der Waals surface area contributed by atoms with Gasteiger partial charge in [0.25, 0.3) is 0 Å². The van der Waals surface area contributed by atoms with Crippen molar-refractivity contribution in [2.24, 2.45) is 0 Å². The summed E-state index contributed by atoms with van der Waals surface area (Å²) in [6.07, 6.45) is 2.73. The summed E-state index contributed by atoms with van der Waals surface area (Å²) in [5.74, 6) is -0.380. The van der Waals surface area contributed by atoms with Crippen molar-refractivity contribution in [3.05, 3.63) is 47.5 Å². The molecule has 2 heterocycles. The highest BCUT2D eigenvalue weighted by molar-refractivity contribution is 7.89. The van der Waals surface area contributed by atoms with Crippen molar-refractivity contribution < 1.29 is 13.2 Å². The lowest BCUT2D eigenvalue weighted by molar-refractivity contribution is -0.116. The topological polar surface area (TPSA) is 97.2 Å². The van der Waals surface area contributed by atoms with Gasteiger partial charge in [0.05, 0.1) is 21.1 Å². The molecule has 10 heteroatoms. The molecule has 0 unspecified atom stereocenters. The Morgan fingerprint density at radius 2 is 1.86 bits per heavy atom. The van der Waals surface area contributed by atoms with Crippen LogP contribution in [0.1, 0.15) is 19.3 Å². The number of sulfonamides is 1. The number of para-hydroxylation sites is 1. The van der Waals surface area contributed by atoms with Gasteiger partial charge in [0.15, 0.2) is 0 Å². The van der Waals surface area contributed by atoms with Gasteiger partial charge in [-0.1, -0.05) is 35.4 Å². The third kappa shape index (κ3) is 4.12. The molecule has 2 aromatic carbocycles. The number of benzene rings is 2. The van der Waals surface area contributed by atoms with Crippen molar-refractivity contribution in [1.82, 2.24) is 19.3 Å². The van der Waals surface area contributed by atoms with E-state index in [9.17, 15) is 13.2 Å². The first-order valence-corrected chi connectivity index (χ1v) is 11.1. The van der Waals surface area contributed by atoms with Crippen LogP contribution in [0.3, 0.4) is 0 Å². The third-order valence-electron chi connectivity index (χ3n) is 4.88. The first kappa shape index (κ1) is 19.8. The fourth-order valence-corrected chi connectivity index (χ4v) is 5.08. The van der Waals surface area contributed by atoms with Crippen molar-refractivity contribution in [2.75, 3.05) is 18.4 Å². The average molecular weight is 434 g/mol. The summed E-state index contributed by atoms with van der Waals surface area (Å²) < 4.78 is 28.7. The number of carbonyl (C=O) groups excluding carboxylic acids is 1. The van der Waals surface area contributed by atoms with Gasteiger partial charge < -0.3 is 5.32 Å². The molecule has 0 spiro atoms. The van der Waals surface area contributed by atoms with E-state index >= 15 is 0 Å². The second kappa shape index (κ2) is 8.10. The number of anilines is 1. The Balaban J connectivity index is 1.54. The summed E-state index contributed by atoms with van der Waals surface area (Å²) in [7, 11) is -3.62. The number of carbonyl (C=O) groups is 1. The van der Waals surface area contributed by atoms with Crippen LogP contribution < -0.4 is 5.32 Å². The minimum atomic E-state index is -3.62. The number of fused-ring (bicyclic) bond motifs is 1. The Hall–Kier alpha value is -2.49. The summed E-state index contributed by atoms with van der Waals surface area (Å²) in [6, 6.07) is 11.7. The lowest BCUT2D eigenvalue weighted by atomic mass is 10.2. The molecule has 1 fully saturated rings. The second-order valence-corrected chi connectivity index (χ2v) is 9.24. The second-order valence-electron chi connectivity index (χ2n) is 6.89. The molecule has 3 aromatic rings. The lowest BCUT2D eigenvalue weighted by Crippen LogP contribution is -2.35. The highest BCUT2D eigenvalue weighted by Gasteiger charge is 2.26. The van der Waals surface area contributed by atoms with E-state index < -0.39 is 10.0 Å². The van der Waals surface area contributed by atoms with Gasteiger partial charge in [-0.25, -0.2) is 13.1 Å². The minimum Gasteiger partial charge on any atom is -0.323 e. The molecule has 1 N–H and O–H groups in total. The lowest BCUT2D eigenvalue weighted by Gasteiger charge is -2.26. The first-order valence-electron chi connectivity index (χ1n) is 9.33. The molecule has 1 amide bonds. The van der Waals surface area contributed by atoms with Crippen LogP contribution in [-0.4, -0.2) is 46.7 Å². The van der Waals surface area contributed by atoms with Crippen LogP contribution in [0.2, 0.25) is 5.02 Å². The van der Waals surface area contributed by atoms with E-state index in [4.69, 9.17) is 11.6 Å². The zero-order valence-corrected chi connectivity index (χ0v) is 17.2. The van der Waals surface area contributed by atoms with Crippen molar-refractivity contribution in [3.8, 4) is 0 Å². The fourth-order valence-electron chi connectivity index (χ4n) is 3.37. The number of aromatic nitrogens is 3. The van der Waals surface area contributed by atoms with Gasteiger partial charge in [-0.3, -0.25) is 4.79 Å². The highest BCUT2D eigenvalue weighted by atomic mass is 35.5. The smallest absolute Gasteiger partial charge is 0.246 e. The summed E-state index contributed by atoms with van der Waals surface area (Å²) in [5.41, 5.74) is 1.67. The van der Waals surface area contributed by atoms with Crippen LogP contribution in [0.4, 0.5) is 5.69 Å². The first-order chi connectivity index (χ1) is 13.9. The van der Waals surface area contributed by atoms with Gasteiger partial charge in [0, 0.05) is 13.1 Å². The summed E-state index contributed by atoms with van der Waals surface area (Å²) in [5, 5.41) is 11.0. The predicted molar refractivity (Wildman–Crippen MR) is 110 cm³/mol. The Morgan fingerprint density at radius 1 is 1.10 bits per heavy atom. The molecule has 1 aromatic heterocycles. The van der Waals surface area contributed by atoms with Crippen molar-refractivity contribution in [3.63, 3.8) is 0 Å². The van der Waals surface area contributed by atoms with Crippen LogP contribution in [0.5, 0.6) is 0 Å². The quantitative estimate of drug-likeness (QED) is 0.667. The van der Waals surface area contributed by atoms with E-state index in [1.807, 2.05) is 24.3 Å². The molecule has 0 bridgehead atoms. The van der Waals surface area contributed by atoms with E-state index in [1.54, 1.807) is 0 Å². The number of nitrogens with one attached hydrogen (secondary N) is 1. The van der Waals surface area contributed by atoms with Gasteiger partial charge in [-0.2, -0.15) is 4.31 Å². The van der Waals surface area contributed by atoms with Gasteiger partial charge in [0.2, 0.25) is 15.9 Å². The molecule has 152 valence electrons. The summed E-state index contributed by atoms with van der Waals surface area (Å²) in [6.45, 7) is 0.942. The molecule has 8 nitrogen and oxygen atoms in total. The molecule has 1 aliphatic rings. The molecule has 1 saturated heterocycles. The maximum absolute atomic E-state index is 12.9. The van der Waals surface area contributed by atoms with Gasteiger partial charge in [-0.05, 0) is 43.2 Å². The Kier molecular flexibility index (Phi) is 5.53. The van der Waals surface area contributed by atoms with Crippen molar-refractivity contribution in [2.45, 2.75) is 30.7 Å². The fraction of sp³-hybridized carbons (Fsp3) is 0.316. The van der Waals surface area contributed by atoms with E-state index in [1.165, 1.54) is 27.2 Å². The highest BCUT2D eigenvalue weighted by Crippen LogP contribution is 2.28. The molecule has 0 aliphatic carbocycles. The molecule has 0 radical (unpaired) electrons. The van der Waals surface area contributed by atoms with Crippen LogP contribution in [0, 0.1) is 0 Å². The van der Waals surface area contributed by atoms with Crippen LogP contribution in [0.15, 0.2) is 47.4 Å². The van der Waals surface area contributed by atoms with Crippen molar-refractivity contribution >= 4 is 44.3 Å². The zero-order chi connectivity index (χ0) is 20.4. The molecule has 29 heavy (non-hydrogen) atoms. The van der Waals surface area contributed by atoms with E-state index in [2.05, 4.69) is 15.6 Å². The van der Waals surface area contributed by atoms with Gasteiger partial charge in [-0.15, -0.1) is 5.10 Å². The SMILES string of the molecule is O=C(Cn1nnc2ccccc21)Nc1cc(S(=O)(=O)N2CCCCC2)ccc1Cl. The summed E-state index contributed by atoms with van der Waals surface area (Å²) >= 11 is 6.20. The maximum Gasteiger partial charge on any atom is 0.246 e. The molecule has 1 aliphatic heterocycles. The molecular formula is C19H20ClN5O3S. The van der Waals surface area contributed by atoms with Crippen LogP contribution >= 0.6 is 11.6 Å². The summed E-state index contributed by atoms with van der Waals surface area (Å²) in [4.78, 5) is 12.6.